The predicted molar refractivity (Wildman–Crippen MR) is 65.5 cm³/mol. The van der Waals surface area contributed by atoms with Gasteiger partial charge < -0.3 is 5.32 Å². The second-order valence-corrected chi connectivity index (χ2v) is 4.43. The van der Waals surface area contributed by atoms with Crippen LogP contribution >= 0.6 is 11.3 Å². The lowest BCUT2D eigenvalue weighted by Gasteiger charge is -2.03. The van der Waals surface area contributed by atoms with Gasteiger partial charge in [0.25, 0.3) is 0 Å². The van der Waals surface area contributed by atoms with Gasteiger partial charge in [0.05, 0.1) is 18.3 Å². The number of anilines is 1. The molecule has 0 amide bonds. The first kappa shape index (κ1) is 9.35. The zero-order valence-corrected chi connectivity index (χ0v) is 9.29. The van der Waals surface area contributed by atoms with E-state index >= 15 is 0 Å². The second-order valence-electron chi connectivity index (χ2n) is 3.45. The first-order chi connectivity index (χ1) is 7.92. The zero-order valence-electron chi connectivity index (χ0n) is 8.47. The van der Waals surface area contributed by atoms with E-state index in [4.69, 9.17) is 0 Å². The molecule has 0 radical (unpaired) electrons. The Balaban J connectivity index is 1.78. The van der Waals surface area contributed by atoms with Crippen molar-refractivity contribution >= 4 is 27.9 Å². The van der Waals surface area contributed by atoms with Gasteiger partial charge in [-0.25, -0.2) is 4.98 Å². The standard InChI is InChI=1S/C11H10N4S/c1-2-10-8(6-14-15-10)5-9(1)13-7-11-12-3-4-16-11/h1-6,13H,7H2,(H,14,15). The molecule has 0 aliphatic carbocycles. The highest BCUT2D eigenvalue weighted by Crippen LogP contribution is 2.17. The van der Waals surface area contributed by atoms with Crippen molar-refractivity contribution in [3.63, 3.8) is 0 Å². The Hall–Kier alpha value is -1.88. The lowest BCUT2D eigenvalue weighted by atomic mass is 10.2. The smallest absolute Gasteiger partial charge is 0.112 e. The molecule has 2 aromatic heterocycles. The average molecular weight is 230 g/mol. The Kier molecular flexibility index (Phi) is 2.30. The Labute approximate surface area is 96.3 Å². The minimum absolute atomic E-state index is 0.765. The van der Waals surface area contributed by atoms with E-state index in [0.717, 1.165) is 28.1 Å². The first-order valence-corrected chi connectivity index (χ1v) is 5.85. The third-order valence-corrected chi connectivity index (χ3v) is 3.15. The molecule has 0 aliphatic rings. The fourth-order valence-corrected chi connectivity index (χ4v) is 2.13. The molecule has 0 saturated heterocycles. The number of fused-ring (bicyclic) bond motifs is 1. The minimum atomic E-state index is 0.765. The summed E-state index contributed by atoms with van der Waals surface area (Å²) < 4.78 is 0. The summed E-state index contributed by atoms with van der Waals surface area (Å²) in [5, 5.41) is 14.4. The van der Waals surface area contributed by atoms with Crippen molar-refractivity contribution < 1.29 is 0 Å². The van der Waals surface area contributed by atoms with Crippen LogP contribution in [0, 0.1) is 0 Å². The van der Waals surface area contributed by atoms with E-state index in [1.165, 1.54) is 0 Å². The van der Waals surface area contributed by atoms with Gasteiger partial charge >= 0.3 is 0 Å². The second kappa shape index (κ2) is 3.94. The number of aromatic nitrogens is 3. The highest BCUT2D eigenvalue weighted by Gasteiger charge is 1.99. The van der Waals surface area contributed by atoms with E-state index < -0.39 is 0 Å². The number of benzene rings is 1. The summed E-state index contributed by atoms with van der Waals surface area (Å²) in [5.41, 5.74) is 2.14. The quantitative estimate of drug-likeness (QED) is 0.727. The van der Waals surface area contributed by atoms with Gasteiger partial charge in [0, 0.05) is 22.7 Å². The number of H-pyrrole nitrogens is 1. The van der Waals surface area contributed by atoms with Gasteiger partial charge in [-0.2, -0.15) is 5.10 Å². The van der Waals surface area contributed by atoms with Crippen LogP contribution in [0.25, 0.3) is 10.9 Å². The number of hydrogen-bond acceptors (Lipinski definition) is 4. The number of rotatable bonds is 3. The molecule has 0 spiro atoms. The molecule has 0 bridgehead atoms. The van der Waals surface area contributed by atoms with Crippen molar-refractivity contribution in [1.82, 2.24) is 15.2 Å². The topological polar surface area (TPSA) is 53.6 Å². The summed E-state index contributed by atoms with van der Waals surface area (Å²) in [7, 11) is 0. The van der Waals surface area contributed by atoms with E-state index in [2.05, 4.69) is 26.6 Å². The van der Waals surface area contributed by atoms with Crippen molar-refractivity contribution in [3.8, 4) is 0 Å². The van der Waals surface area contributed by atoms with Gasteiger partial charge in [-0.1, -0.05) is 0 Å². The zero-order chi connectivity index (χ0) is 10.8. The van der Waals surface area contributed by atoms with Crippen LogP contribution in [0.2, 0.25) is 0 Å². The van der Waals surface area contributed by atoms with E-state index in [-0.39, 0.29) is 0 Å². The molecule has 0 fully saturated rings. The van der Waals surface area contributed by atoms with Crippen molar-refractivity contribution in [2.45, 2.75) is 6.54 Å². The maximum Gasteiger partial charge on any atom is 0.112 e. The molecule has 2 N–H and O–H groups in total. The highest BCUT2D eigenvalue weighted by atomic mass is 32.1. The Morgan fingerprint density at radius 2 is 2.38 bits per heavy atom. The van der Waals surface area contributed by atoms with Crippen LogP contribution in [0.5, 0.6) is 0 Å². The Morgan fingerprint density at radius 3 is 3.25 bits per heavy atom. The third kappa shape index (κ3) is 1.77. The molecule has 3 rings (SSSR count). The van der Waals surface area contributed by atoms with E-state index in [1.54, 1.807) is 11.3 Å². The van der Waals surface area contributed by atoms with E-state index in [1.807, 2.05) is 29.9 Å². The predicted octanol–water partition coefficient (Wildman–Crippen LogP) is 2.63. The fraction of sp³-hybridized carbons (Fsp3) is 0.0909. The van der Waals surface area contributed by atoms with Gasteiger partial charge in [-0.15, -0.1) is 11.3 Å². The van der Waals surface area contributed by atoms with E-state index in [9.17, 15) is 0 Å². The minimum Gasteiger partial charge on any atom is -0.379 e. The van der Waals surface area contributed by atoms with Crippen LogP contribution in [-0.4, -0.2) is 15.2 Å². The van der Waals surface area contributed by atoms with Crippen LogP contribution in [0.15, 0.2) is 36.0 Å². The molecule has 80 valence electrons. The van der Waals surface area contributed by atoms with Crippen molar-refractivity contribution in [2.24, 2.45) is 0 Å². The first-order valence-electron chi connectivity index (χ1n) is 4.97. The van der Waals surface area contributed by atoms with Gasteiger partial charge in [0.1, 0.15) is 5.01 Å². The Bertz CT molecular complexity index is 585. The van der Waals surface area contributed by atoms with Crippen LogP contribution in [-0.2, 0) is 6.54 Å². The molecule has 4 nitrogen and oxygen atoms in total. The number of hydrogen-bond donors (Lipinski definition) is 2. The summed E-state index contributed by atoms with van der Waals surface area (Å²) in [6, 6.07) is 6.13. The molecule has 16 heavy (non-hydrogen) atoms. The summed E-state index contributed by atoms with van der Waals surface area (Å²) in [4.78, 5) is 4.22. The van der Waals surface area contributed by atoms with Gasteiger partial charge in [-0.3, -0.25) is 5.10 Å². The molecule has 2 heterocycles. The Morgan fingerprint density at radius 1 is 1.38 bits per heavy atom. The van der Waals surface area contributed by atoms with Crippen LogP contribution in [0.3, 0.4) is 0 Å². The molecule has 3 aromatic rings. The third-order valence-electron chi connectivity index (χ3n) is 2.37. The molecule has 0 saturated carbocycles. The molecule has 5 heteroatoms. The summed E-state index contributed by atoms with van der Waals surface area (Å²) in [6.45, 7) is 0.765. The summed E-state index contributed by atoms with van der Waals surface area (Å²) in [5.74, 6) is 0. The van der Waals surface area contributed by atoms with Crippen LogP contribution in [0.1, 0.15) is 5.01 Å². The van der Waals surface area contributed by atoms with Gasteiger partial charge in [0.15, 0.2) is 0 Å². The summed E-state index contributed by atoms with van der Waals surface area (Å²) >= 11 is 1.66. The van der Waals surface area contributed by atoms with Crippen molar-refractivity contribution in [1.29, 1.82) is 0 Å². The number of aromatic amines is 1. The number of nitrogens with zero attached hydrogens (tertiary/aromatic N) is 2. The summed E-state index contributed by atoms with van der Waals surface area (Å²) in [6.07, 6.45) is 3.64. The fourth-order valence-electron chi connectivity index (χ4n) is 1.57. The van der Waals surface area contributed by atoms with Crippen molar-refractivity contribution in [2.75, 3.05) is 5.32 Å². The molecular formula is C11H10N4S. The lowest BCUT2D eigenvalue weighted by molar-refractivity contribution is 1.10. The molecule has 0 atom stereocenters. The SMILES string of the molecule is c1csc(CNc2ccc3[nH]ncc3c2)n1. The van der Waals surface area contributed by atoms with E-state index in [0.29, 0.717) is 0 Å². The monoisotopic (exact) mass is 230 g/mol. The highest BCUT2D eigenvalue weighted by molar-refractivity contribution is 7.09. The number of thiazole rings is 1. The largest absolute Gasteiger partial charge is 0.379 e. The maximum absolute atomic E-state index is 4.22. The normalized spacial score (nSPS) is 10.8. The van der Waals surface area contributed by atoms with Gasteiger partial charge in [0.2, 0.25) is 0 Å². The molecule has 0 unspecified atom stereocenters. The molecular weight excluding hydrogens is 220 g/mol. The average Bonchev–Trinajstić information content (AvgIpc) is 2.97. The van der Waals surface area contributed by atoms with Crippen molar-refractivity contribution in [3.05, 3.63) is 41.0 Å². The van der Waals surface area contributed by atoms with Crippen LogP contribution < -0.4 is 5.32 Å². The maximum atomic E-state index is 4.22. The molecule has 1 aromatic carbocycles. The molecule has 0 aliphatic heterocycles. The van der Waals surface area contributed by atoms with Gasteiger partial charge in [-0.05, 0) is 18.2 Å². The number of nitrogens with one attached hydrogen (secondary N) is 2. The lowest BCUT2D eigenvalue weighted by Crippen LogP contribution is -1.98. The van der Waals surface area contributed by atoms with Crippen LogP contribution in [0.4, 0.5) is 5.69 Å².